The van der Waals surface area contributed by atoms with Gasteiger partial charge in [0.1, 0.15) is 0 Å². The number of hydrogen-bond acceptors (Lipinski definition) is 3. The lowest BCUT2D eigenvalue weighted by atomic mass is 10.1. The van der Waals surface area contributed by atoms with E-state index >= 15 is 0 Å². The fourth-order valence-electron chi connectivity index (χ4n) is 1.32. The van der Waals surface area contributed by atoms with Gasteiger partial charge in [0.15, 0.2) is 5.16 Å². The van der Waals surface area contributed by atoms with Crippen LogP contribution >= 0.6 is 11.8 Å². The standard InChI is InChI=1S/C12H12N2S/c1-9-3-5-10(6-4-9)11-7-13-12(15-2)14-8-11/h3-8H,1-2H3. The van der Waals surface area contributed by atoms with E-state index in [1.807, 2.05) is 18.6 Å². The van der Waals surface area contributed by atoms with Crippen LogP contribution < -0.4 is 0 Å². The Morgan fingerprint density at radius 3 is 2.07 bits per heavy atom. The summed E-state index contributed by atoms with van der Waals surface area (Å²) in [5.74, 6) is 0. The second-order valence-electron chi connectivity index (χ2n) is 3.32. The average molecular weight is 216 g/mol. The van der Waals surface area contributed by atoms with Crippen LogP contribution in [0.3, 0.4) is 0 Å². The SMILES string of the molecule is CSc1ncc(-c2ccc(C)cc2)cn1. The molecule has 1 heterocycles. The van der Waals surface area contributed by atoms with Gasteiger partial charge in [-0.2, -0.15) is 0 Å². The quantitative estimate of drug-likeness (QED) is 0.569. The third-order valence-corrected chi connectivity index (χ3v) is 2.77. The van der Waals surface area contributed by atoms with Crippen LogP contribution in [0.25, 0.3) is 11.1 Å². The van der Waals surface area contributed by atoms with E-state index in [1.54, 1.807) is 11.8 Å². The molecule has 15 heavy (non-hydrogen) atoms. The first-order chi connectivity index (χ1) is 7.29. The van der Waals surface area contributed by atoms with Crippen molar-refractivity contribution < 1.29 is 0 Å². The largest absolute Gasteiger partial charge is 0.230 e. The molecule has 0 N–H and O–H groups in total. The highest BCUT2D eigenvalue weighted by atomic mass is 32.2. The predicted octanol–water partition coefficient (Wildman–Crippen LogP) is 3.17. The normalized spacial score (nSPS) is 10.3. The Morgan fingerprint density at radius 1 is 0.933 bits per heavy atom. The van der Waals surface area contributed by atoms with E-state index < -0.39 is 0 Å². The number of nitrogens with zero attached hydrogens (tertiary/aromatic N) is 2. The van der Waals surface area contributed by atoms with E-state index in [0.29, 0.717) is 0 Å². The van der Waals surface area contributed by atoms with E-state index in [2.05, 4.69) is 41.2 Å². The zero-order valence-corrected chi connectivity index (χ0v) is 9.58. The van der Waals surface area contributed by atoms with Gasteiger partial charge in [0.25, 0.3) is 0 Å². The Bertz CT molecular complexity index is 434. The van der Waals surface area contributed by atoms with Crippen LogP contribution in [0.1, 0.15) is 5.56 Å². The number of hydrogen-bond donors (Lipinski definition) is 0. The number of aryl methyl sites for hydroxylation is 1. The van der Waals surface area contributed by atoms with Gasteiger partial charge in [-0.15, -0.1) is 0 Å². The van der Waals surface area contributed by atoms with Crippen LogP contribution in [-0.2, 0) is 0 Å². The zero-order chi connectivity index (χ0) is 10.7. The highest BCUT2D eigenvalue weighted by Gasteiger charge is 1.99. The Balaban J connectivity index is 2.33. The number of benzene rings is 1. The van der Waals surface area contributed by atoms with Gasteiger partial charge in [-0.1, -0.05) is 41.6 Å². The van der Waals surface area contributed by atoms with E-state index in [9.17, 15) is 0 Å². The van der Waals surface area contributed by atoms with Crippen LogP contribution in [0.4, 0.5) is 0 Å². The van der Waals surface area contributed by atoms with E-state index in [0.717, 1.165) is 16.3 Å². The molecule has 2 nitrogen and oxygen atoms in total. The van der Waals surface area contributed by atoms with Gasteiger partial charge >= 0.3 is 0 Å². The molecule has 76 valence electrons. The Labute approximate surface area is 93.8 Å². The van der Waals surface area contributed by atoms with Crippen molar-refractivity contribution in [1.82, 2.24) is 9.97 Å². The molecule has 2 aromatic rings. The fraction of sp³-hybridized carbons (Fsp3) is 0.167. The van der Waals surface area contributed by atoms with Crippen molar-refractivity contribution in [2.75, 3.05) is 6.26 Å². The van der Waals surface area contributed by atoms with Crippen molar-refractivity contribution in [3.8, 4) is 11.1 Å². The van der Waals surface area contributed by atoms with Crippen LogP contribution in [0.5, 0.6) is 0 Å². The van der Waals surface area contributed by atoms with Crippen molar-refractivity contribution in [1.29, 1.82) is 0 Å². The number of aromatic nitrogens is 2. The Kier molecular flexibility index (Phi) is 3.02. The van der Waals surface area contributed by atoms with Gasteiger partial charge in [-0.05, 0) is 18.7 Å². The molecule has 1 aromatic heterocycles. The van der Waals surface area contributed by atoms with Crippen molar-refractivity contribution in [3.05, 3.63) is 42.2 Å². The van der Waals surface area contributed by atoms with Gasteiger partial charge in [-0.25, -0.2) is 9.97 Å². The Morgan fingerprint density at radius 2 is 1.53 bits per heavy atom. The first-order valence-electron chi connectivity index (χ1n) is 4.72. The van der Waals surface area contributed by atoms with Crippen molar-refractivity contribution in [2.24, 2.45) is 0 Å². The summed E-state index contributed by atoms with van der Waals surface area (Å²) in [4.78, 5) is 8.50. The molecule has 0 aliphatic heterocycles. The van der Waals surface area contributed by atoms with Crippen LogP contribution in [0.15, 0.2) is 41.8 Å². The third-order valence-electron chi connectivity index (χ3n) is 2.20. The van der Waals surface area contributed by atoms with Crippen LogP contribution in [0, 0.1) is 6.92 Å². The summed E-state index contributed by atoms with van der Waals surface area (Å²) in [5.41, 5.74) is 3.49. The van der Waals surface area contributed by atoms with Crippen molar-refractivity contribution in [2.45, 2.75) is 12.1 Å². The first kappa shape index (κ1) is 10.2. The molecular formula is C12H12N2S. The lowest BCUT2D eigenvalue weighted by molar-refractivity contribution is 0.973. The van der Waals surface area contributed by atoms with Crippen LogP contribution in [-0.4, -0.2) is 16.2 Å². The predicted molar refractivity (Wildman–Crippen MR) is 64.0 cm³/mol. The second-order valence-corrected chi connectivity index (χ2v) is 4.10. The van der Waals surface area contributed by atoms with Gasteiger partial charge in [0, 0.05) is 18.0 Å². The molecule has 0 spiro atoms. The molecular weight excluding hydrogens is 204 g/mol. The van der Waals surface area contributed by atoms with E-state index in [1.165, 1.54) is 5.56 Å². The summed E-state index contributed by atoms with van der Waals surface area (Å²) in [7, 11) is 0. The summed E-state index contributed by atoms with van der Waals surface area (Å²) in [6.45, 7) is 2.08. The minimum atomic E-state index is 0.811. The maximum absolute atomic E-state index is 4.25. The Hall–Kier alpha value is -1.35. The van der Waals surface area contributed by atoms with Crippen molar-refractivity contribution >= 4 is 11.8 Å². The maximum atomic E-state index is 4.25. The molecule has 3 heteroatoms. The second kappa shape index (κ2) is 4.45. The average Bonchev–Trinajstić information content (AvgIpc) is 2.30. The molecule has 0 radical (unpaired) electrons. The summed E-state index contributed by atoms with van der Waals surface area (Å²) in [5, 5.41) is 0.811. The molecule has 0 unspecified atom stereocenters. The highest BCUT2D eigenvalue weighted by Crippen LogP contribution is 2.19. The van der Waals surface area contributed by atoms with Crippen LogP contribution in [0.2, 0.25) is 0 Å². The molecule has 0 aliphatic carbocycles. The summed E-state index contributed by atoms with van der Waals surface area (Å²) in [6, 6.07) is 8.37. The lowest BCUT2D eigenvalue weighted by Crippen LogP contribution is -1.86. The summed E-state index contributed by atoms with van der Waals surface area (Å²) < 4.78 is 0. The van der Waals surface area contributed by atoms with Crippen molar-refractivity contribution in [3.63, 3.8) is 0 Å². The minimum Gasteiger partial charge on any atom is -0.230 e. The monoisotopic (exact) mass is 216 g/mol. The molecule has 0 saturated heterocycles. The lowest BCUT2D eigenvalue weighted by Gasteiger charge is -2.01. The van der Waals surface area contributed by atoms with Gasteiger partial charge in [0.2, 0.25) is 0 Å². The third kappa shape index (κ3) is 2.36. The summed E-state index contributed by atoms with van der Waals surface area (Å²) >= 11 is 1.55. The minimum absolute atomic E-state index is 0.811. The molecule has 0 saturated carbocycles. The number of rotatable bonds is 2. The first-order valence-corrected chi connectivity index (χ1v) is 5.95. The van der Waals surface area contributed by atoms with Gasteiger partial charge in [-0.3, -0.25) is 0 Å². The summed E-state index contributed by atoms with van der Waals surface area (Å²) in [6.07, 6.45) is 5.70. The van der Waals surface area contributed by atoms with Gasteiger partial charge < -0.3 is 0 Å². The molecule has 0 bridgehead atoms. The zero-order valence-electron chi connectivity index (χ0n) is 8.77. The molecule has 2 rings (SSSR count). The topological polar surface area (TPSA) is 25.8 Å². The molecule has 0 atom stereocenters. The molecule has 1 aromatic carbocycles. The number of thioether (sulfide) groups is 1. The maximum Gasteiger partial charge on any atom is 0.187 e. The highest BCUT2D eigenvalue weighted by molar-refractivity contribution is 7.98. The molecule has 0 fully saturated rings. The molecule has 0 amide bonds. The van der Waals surface area contributed by atoms with E-state index in [-0.39, 0.29) is 0 Å². The smallest absolute Gasteiger partial charge is 0.187 e. The van der Waals surface area contributed by atoms with E-state index in [4.69, 9.17) is 0 Å². The van der Waals surface area contributed by atoms with Gasteiger partial charge in [0.05, 0.1) is 0 Å². The molecule has 0 aliphatic rings. The fourth-order valence-corrected chi connectivity index (χ4v) is 1.63.